The van der Waals surface area contributed by atoms with Crippen molar-refractivity contribution in [2.75, 3.05) is 0 Å². The van der Waals surface area contributed by atoms with E-state index >= 15 is 0 Å². The summed E-state index contributed by atoms with van der Waals surface area (Å²) >= 11 is 2.88. The highest BCUT2D eigenvalue weighted by Gasteiger charge is 2.01. The monoisotopic (exact) mass is 178 g/mol. The molecule has 0 N–H and O–H groups in total. The molecule has 0 rings (SSSR count). The van der Waals surface area contributed by atoms with Gasteiger partial charge in [-0.2, -0.15) is 0 Å². The highest BCUT2D eigenvalue weighted by molar-refractivity contribution is 9.18. The maximum Gasteiger partial charge on any atom is 0.198 e. The molecule has 0 fully saturated rings. The summed E-state index contributed by atoms with van der Waals surface area (Å²) in [5.74, 6) is 0.530. The van der Waals surface area contributed by atoms with Gasteiger partial charge in [-0.05, 0) is 21.8 Å². The van der Waals surface area contributed by atoms with Crippen molar-refractivity contribution < 1.29 is 4.79 Å². The average molecular weight is 179 g/mol. The maximum absolute atomic E-state index is 10.3. The molecule has 0 spiro atoms. The van der Waals surface area contributed by atoms with Gasteiger partial charge < -0.3 is 0 Å². The zero-order valence-corrected chi connectivity index (χ0v) is 6.86. The molecule has 1 atom stereocenters. The molecule has 0 bridgehead atoms. The molecule has 0 aliphatic carbocycles. The first kappa shape index (κ1) is 8.15. The van der Waals surface area contributed by atoms with Gasteiger partial charge >= 0.3 is 0 Å². The van der Waals surface area contributed by atoms with E-state index in [2.05, 4.69) is 29.8 Å². The SMILES string of the molecule is CCC(C)CC(=O)Br. The number of carbonyl (C=O) groups is 1. The van der Waals surface area contributed by atoms with E-state index in [9.17, 15) is 4.79 Å². The summed E-state index contributed by atoms with van der Waals surface area (Å²) < 4.78 is 0.117. The van der Waals surface area contributed by atoms with Crippen molar-refractivity contribution in [2.45, 2.75) is 26.7 Å². The van der Waals surface area contributed by atoms with Gasteiger partial charge in [0.15, 0.2) is 4.69 Å². The molecule has 2 heteroatoms. The Balaban J connectivity index is 3.24. The summed E-state index contributed by atoms with van der Waals surface area (Å²) in [5, 5.41) is 0. The fourth-order valence-electron chi connectivity index (χ4n) is 0.418. The van der Waals surface area contributed by atoms with Crippen molar-refractivity contribution in [1.82, 2.24) is 0 Å². The highest BCUT2D eigenvalue weighted by Crippen LogP contribution is 2.08. The molecule has 0 saturated heterocycles. The normalized spacial score (nSPS) is 13.4. The van der Waals surface area contributed by atoms with E-state index in [1.54, 1.807) is 0 Å². The third kappa shape index (κ3) is 4.31. The first-order valence-corrected chi connectivity index (χ1v) is 3.64. The second-order valence-electron chi connectivity index (χ2n) is 2.07. The summed E-state index contributed by atoms with van der Waals surface area (Å²) in [6, 6.07) is 0. The fourth-order valence-corrected chi connectivity index (χ4v) is 0.971. The summed E-state index contributed by atoms with van der Waals surface area (Å²) in [6.45, 7) is 4.15. The van der Waals surface area contributed by atoms with Crippen LogP contribution >= 0.6 is 15.9 Å². The third-order valence-corrected chi connectivity index (χ3v) is 1.53. The zero-order valence-electron chi connectivity index (χ0n) is 5.28. The topological polar surface area (TPSA) is 17.1 Å². The Bertz CT molecular complexity index is 80.6. The van der Waals surface area contributed by atoms with Crippen molar-refractivity contribution in [1.29, 1.82) is 0 Å². The van der Waals surface area contributed by atoms with E-state index in [-0.39, 0.29) is 4.69 Å². The summed E-state index contributed by atoms with van der Waals surface area (Å²) in [6.07, 6.45) is 1.74. The smallest absolute Gasteiger partial charge is 0.198 e. The van der Waals surface area contributed by atoms with E-state index in [0.717, 1.165) is 6.42 Å². The van der Waals surface area contributed by atoms with Gasteiger partial charge in [0.05, 0.1) is 0 Å². The largest absolute Gasteiger partial charge is 0.287 e. The number of hydrogen-bond acceptors (Lipinski definition) is 1. The van der Waals surface area contributed by atoms with Gasteiger partial charge in [0.25, 0.3) is 0 Å². The van der Waals surface area contributed by atoms with Crippen LogP contribution < -0.4 is 0 Å². The molecular weight excluding hydrogens is 168 g/mol. The molecule has 8 heavy (non-hydrogen) atoms. The van der Waals surface area contributed by atoms with E-state index in [1.807, 2.05) is 0 Å². The molecule has 0 aliphatic rings. The zero-order chi connectivity index (χ0) is 6.57. The first-order valence-electron chi connectivity index (χ1n) is 2.85. The maximum atomic E-state index is 10.3. The molecule has 0 amide bonds. The van der Waals surface area contributed by atoms with Gasteiger partial charge in [-0.1, -0.05) is 20.3 Å². The average Bonchev–Trinajstić information content (AvgIpc) is 1.65. The van der Waals surface area contributed by atoms with Crippen molar-refractivity contribution in [2.24, 2.45) is 5.92 Å². The standard InChI is InChI=1S/C6H11BrO/c1-3-5(2)4-6(7)8/h5H,3-4H2,1-2H3. The lowest BCUT2D eigenvalue weighted by molar-refractivity contribution is -0.111. The van der Waals surface area contributed by atoms with E-state index in [1.165, 1.54) is 0 Å². The Labute approximate surface area is 58.6 Å². The Kier molecular flexibility index (Phi) is 4.15. The Morgan fingerprint density at radius 2 is 2.25 bits per heavy atom. The van der Waals surface area contributed by atoms with Crippen LogP contribution in [0.5, 0.6) is 0 Å². The van der Waals surface area contributed by atoms with Crippen LogP contribution in [0.25, 0.3) is 0 Å². The number of halogens is 1. The number of rotatable bonds is 3. The van der Waals surface area contributed by atoms with E-state index in [4.69, 9.17) is 0 Å². The van der Waals surface area contributed by atoms with Crippen LogP contribution in [0.3, 0.4) is 0 Å². The van der Waals surface area contributed by atoms with Gasteiger partial charge in [-0.25, -0.2) is 0 Å². The number of carbonyl (C=O) groups excluding carboxylic acids is 1. The predicted octanol–water partition coefficient (Wildman–Crippen LogP) is 2.34. The van der Waals surface area contributed by atoms with Gasteiger partial charge in [0, 0.05) is 6.42 Å². The minimum Gasteiger partial charge on any atom is -0.287 e. The molecule has 0 aliphatic heterocycles. The summed E-state index contributed by atoms with van der Waals surface area (Å²) in [7, 11) is 0. The predicted molar refractivity (Wildman–Crippen MR) is 38.0 cm³/mol. The van der Waals surface area contributed by atoms with Crippen LogP contribution in [-0.4, -0.2) is 4.69 Å². The van der Waals surface area contributed by atoms with Crippen molar-refractivity contribution in [3.63, 3.8) is 0 Å². The quantitative estimate of drug-likeness (QED) is 0.607. The number of hydrogen-bond donors (Lipinski definition) is 0. The summed E-state index contributed by atoms with van der Waals surface area (Å²) in [4.78, 5) is 10.3. The Morgan fingerprint density at radius 1 is 1.75 bits per heavy atom. The molecule has 0 aromatic rings. The second kappa shape index (κ2) is 4.07. The van der Waals surface area contributed by atoms with Crippen molar-refractivity contribution in [3.8, 4) is 0 Å². The minimum absolute atomic E-state index is 0.117. The van der Waals surface area contributed by atoms with Crippen LogP contribution in [-0.2, 0) is 4.79 Å². The molecule has 0 saturated carbocycles. The molecule has 0 aromatic carbocycles. The van der Waals surface area contributed by atoms with E-state index in [0.29, 0.717) is 12.3 Å². The molecule has 0 radical (unpaired) electrons. The van der Waals surface area contributed by atoms with Crippen molar-refractivity contribution in [3.05, 3.63) is 0 Å². The first-order chi connectivity index (χ1) is 3.66. The lowest BCUT2D eigenvalue weighted by Gasteiger charge is -2.00. The summed E-state index contributed by atoms with van der Waals surface area (Å²) in [5.41, 5.74) is 0. The molecule has 0 heterocycles. The van der Waals surface area contributed by atoms with Crippen LogP contribution in [0.2, 0.25) is 0 Å². The van der Waals surface area contributed by atoms with Crippen LogP contribution in [0.4, 0.5) is 0 Å². The third-order valence-electron chi connectivity index (χ3n) is 1.21. The van der Waals surface area contributed by atoms with Gasteiger partial charge in [0.1, 0.15) is 0 Å². The highest BCUT2D eigenvalue weighted by atomic mass is 79.9. The minimum atomic E-state index is 0.117. The molecule has 0 aromatic heterocycles. The van der Waals surface area contributed by atoms with Crippen LogP contribution in [0.15, 0.2) is 0 Å². The molecular formula is C6H11BrO. The Morgan fingerprint density at radius 3 is 2.38 bits per heavy atom. The van der Waals surface area contributed by atoms with Crippen LogP contribution in [0.1, 0.15) is 26.7 Å². The Hall–Kier alpha value is 0.150. The van der Waals surface area contributed by atoms with Gasteiger partial charge in [0.2, 0.25) is 0 Å². The lowest BCUT2D eigenvalue weighted by Crippen LogP contribution is -1.96. The molecule has 48 valence electrons. The second-order valence-corrected chi connectivity index (χ2v) is 2.96. The lowest BCUT2D eigenvalue weighted by atomic mass is 10.1. The molecule has 1 nitrogen and oxygen atoms in total. The molecule has 1 unspecified atom stereocenters. The fraction of sp³-hybridized carbons (Fsp3) is 0.833. The van der Waals surface area contributed by atoms with Gasteiger partial charge in [-0.3, -0.25) is 4.79 Å². The van der Waals surface area contributed by atoms with Crippen molar-refractivity contribution >= 4 is 20.6 Å². The van der Waals surface area contributed by atoms with Gasteiger partial charge in [-0.15, -0.1) is 0 Å². The van der Waals surface area contributed by atoms with E-state index < -0.39 is 0 Å². The van der Waals surface area contributed by atoms with Crippen LogP contribution in [0, 0.1) is 5.92 Å².